The number of hydrogen-bond acceptors (Lipinski definition) is 3. The van der Waals surface area contributed by atoms with Gasteiger partial charge in [-0.1, -0.05) is 30.3 Å². The Morgan fingerprint density at radius 1 is 0.944 bits per heavy atom. The second-order valence-corrected chi connectivity index (χ2v) is 4.38. The quantitative estimate of drug-likeness (QED) is 0.591. The van der Waals surface area contributed by atoms with E-state index in [4.69, 9.17) is 9.84 Å². The van der Waals surface area contributed by atoms with Crippen LogP contribution in [0.25, 0.3) is 0 Å². The van der Waals surface area contributed by atoms with Gasteiger partial charge in [0.15, 0.2) is 0 Å². The minimum atomic E-state index is 0.118. The zero-order chi connectivity index (χ0) is 12.9. The van der Waals surface area contributed by atoms with Crippen molar-refractivity contribution >= 4 is 0 Å². The van der Waals surface area contributed by atoms with Crippen LogP contribution in [0.15, 0.2) is 30.3 Å². The molecule has 1 rings (SSSR count). The summed E-state index contributed by atoms with van der Waals surface area (Å²) in [5.74, 6) is 0. The Balaban J connectivity index is 1.82. The summed E-state index contributed by atoms with van der Waals surface area (Å²) >= 11 is 0. The second-order valence-electron chi connectivity index (χ2n) is 4.38. The lowest BCUT2D eigenvalue weighted by Gasteiger charge is -2.05. The molecule has 0 atom stereocenters. The van der Waals surface area contributed by atoms with Gasteiger partial charge in [0.25, 0.3) is 0 Å². The molecule has 0 bridgehead atoms. The molecule has 0 radical (unpaired) electrons. The normalized spacial score (nSPS) is 10.7. The highest BCUT2D eigenvalue weighted by Gasteiger charge is 1.93. The largest absolute Gasteiger partial charge is 0.394 e. The van der Waals surface area contributed by atoms with E-state index >= 15 is 0 Å². The van der Waals surface area contributed by atoms with E-state index in [-0.39, 0.29) is 6.61 Å². The Morgan fingerprint density at radius 2 is 1.72 bits per heavy atom. The fraction of sp³-hybridized carbons (Fsp3) is 0.600. The summed E-state index contributed by atoms with van der Waals surface area (Å²) in [6.45, 7) is 3.38. The predicted molar refractivity (Wildman–Crippen MR) is 74.8 cm³/mol. The number of aliphatic hydroxyl groups excluding tert-OH is 1. The van der Waals surface area contributed by atoms with Gasteiger partial charge in [-0.05, 0) is 44.3 Å². The van der Waals surface area contributed by atoms with Crippen LogP contribution >= 0.6 is 0 Å². The van der Waals surface area contributed by atoms with Gasteiger partial charge in [0.05, 0.1) is 13.2 Å². The van der Waals surface area contributed by atoms with Gasteiger partial charge in [0.1, 0.15) is 0 Å². The standard InChI is InChI=1S/C15H25NO2/c17-12-14-18-13-6-11-16-10-5-4-9-15-7-2-1-3-8-15/h1-3,7-8,16-17H,4-6,9-14H2. The molecular weight excluding hydrogens is 226 g/mol. The first kappa shape index (κ1) is 15.2. The molecule has 0 saturated heterocycles. The summed E-state index contributed by atoms with van der Waals surface area (Å²) in [5, 5.41) is 11.9. The highest BCUT2D eigenvalue weighted by molar-refractivity contribution is 5.14. The average Bonchev–Trinajstić information content (AvgIpc) is 2.42. The minimum Gasteiger partial charge on any atom is -0.394 e. The Morgan fingerprint density at radius 3 is 2.50 bits per heavy atom. The van der Waals surface area contributed by atoms with Crippen LogP contribution in [0.1, 0.15) is 24.8 Å². The number of unbranched alkanes of at least 4 members (excludes halogenated alkanes) is 1. The van der Waals surface area contributed by atoms with E-state index in [2.05, 4.69) is 35.6 Å². The summed E-state index contributed by atoms with van der Waals surface area (Å²) in [6.07, 6.45) is 4.63. The second kappa shape index (κ2) is 11.2. The number of aliphatic hydroxyl groups is 1. The molecule has 18 heavy (non-hydrogen) atoms. The molecule has 1 aromatic rings. The van der Waals surface area contributed by atoms with Gasteiger partial charge in [0.2, 0.25) is 0 Å². The maximum absolute atomic E-state index is 8.52. The first-order valence-electron chi connectivity index (χ1n) is 6.86. The van der Waals surface area contributed by atoms with E-state index in [1.54, 1.807) is 0 Å². The highest BCUT2D eigenvalue weighted by Crippen LogP contribution is 2.03. The average molecular weight is 251 g/mol. The highest BCUT2D eigenvalue weighted by atomic mass is 16.5. The predicted octanol–water partition coefficient (Wildman–Crippen LogP) is 2.00. The van der Waals surface area contributed by atoms with Gasteiger partial charge in [0, 0.05) is 6.61 Å². The van der Waals surface area contributed by atoms with Crippen molar-refractivity contribution in [1.29, 1.82) is 0 Å². The summed E-state index contributed by atoms with van der Waals surface area (Å²) < 4.78 is 5.18. The Labute approximate surface area is 110 Å². The number of ether oxygens (including phenoxy) is 1. The molecule has 0 amide bonds. The van der Waals surface area contributed by atoms with Crippen molar-refractivity contribution in [2.75, 3.05) is 32.9 Å². The molecule has 102 valence electrons. The fourth-order valence-corrected chi connectivity index (χ4v) is 1.81. The summed E-state index contributed by atoms with van der Waals surface area (Å²) in [7, 11) is 0. The van der Waals surface area contributed by atoms with E-state index in [9.17, 15) is 0 Å². The van der Waals surface area contributed by atoms with E-state index in [1.807, 2.05) is 0 Å². The topological polar surface area (TPSA) is 41.5 Å². The lowest BCUT2D eigenvalue weighted by Crippen LogP contribution is -2.18. The molecule has 0 fully saturated rings. The molecule has 1 aromatic carbocycles. The lowest BCUT2D eigenvalue weighted by molar-refractivity contribution is 0.0907. The van der Waals surface area contributed by atoms with Crippen LogP contribution in [0.3, 0.4) is 0 Å². The van der Waals surface area contributed by atoms with Crippen molar-refractivity contribution in [1.82, 2.24) is 5.32 Å². The molecular formula is C15H25NO2. The van der Waals surface area contributed by atoms with Gasteiger partial charge >= 0.3 is 0 Å². The zero-order valence-corrected chi connectivity index (χ0v) is 11.1. The third kappa shape index (κ3) is 8.23. The smallest absolute Gasteiger partial charge is 0.0697 e. The number of nitrogens with one attached hydrogen (secondary N) is 1. The van der Waals surface area contributed by atoms with Crippen molar-refractivity contribution in [2.24, 2.45) is 0 Å². The molecule has 0 aliphatic heterocycles. The van der Waals surface area contributed by atoms with Crippen LogP contribution in [0.4, 0.5) is 0 Å². The van der Waals surface area contributed by atoms with Crippen molar-refractivity contribution in [2.45, 2.75) is 25.7 Å². The molecule has 0 unspecified atom stereocenters. The van der Waals surface area contributed by atoms with Gasteiger partial charge in [-0.15, -0.1) is 0 Å². The van der Waals surface area contributed by atoms with Crippen LogP contribution < -0.4 is 5.32 Å². The van der Waals surface area contributed by atoms with Gasteiger partial charge in [-0.2, -0.15) is 0 Å². The van der Waals surface area contributed by atoms with E-state index in [0.717, 1.165) is 26.1 Å². The van der Waals surface area contributed by atoms with E-state index in [1.165, 1.54) is 24.8 Å². The molecule has 0 spiro atoms. The molecule has 2 N–H and O–H groups in total. The molecule has 0 heterocycles. The van der Waals surface area contributed by atoms with Crippen molar-refractivity contribution in [3.63, 3.8) is 0 Å². The van der Waals surface area contributed by atoms with E-state index in [0.29, 0.717) is 6.61 Å². The minimum absolute atomic E-state index is 0.118. The Kier molecular flexibility index (Phi) is 9.44. The third-order valence-electron chi connectivity index (χ3n) is 2.79. The molecule has 0 saturated carbocycles. The van der Waals surface area contributed by atoms with Crippen molar-refractivity contribution in [3.8, 4) is 0 Å². The van der Waals surface area contributed by atoms with Gasteiger partial charge in [-0.3, -0.25) is 0 Å². The first-order valence-corrected chi connectivity index (χ1v) is 6.86. The number of aryl methyl sites for hydroxylation is 1. The summed E-state index contributed by atoms with van der Waals surface area (Å²) in [4.78, 5) is 0. The molecule has 3 nitrogen and oxygen atoms in total. The van der Waals surface area contributed by atoms with Crippen molar-refractivity contribution in [3.05, 3.63) is 35.9 Å². The van der Waals surface area contributed by atoms with E-state index < -0.39 is 0 Å². The third-order valence-corrected chi connectivity index (χ3v) is 2.79. The number of rotatable bonds is 11. The molecule has 0 aromatic heterocycles. The number of hydrogen-bond donors (Lipinski definition) is 2. The Bertz CT molecular complexity index is 277. The van der Waals surface area contributed by atoms with Crippen LogP contribution in [0, 0.1) is 0 Å². The van der Waals surface area contributed by atoms with Crippen LogP contribution in [0.5, 0.6) is 0 Å². The fourth-order valence-electron chi connectivity index (χ4n) is 1.81. The molecule has 3 heteroatoms. The molecule has 0 aliphatic carbocycles. The first-order chi connectivity index (χ1) is 8.93. The lowest BCUT2D eigenvalue weighted by atomic mass is 10.1. The van der Waals surface area contributed by atoms with Gasteiger partial charge in [-0.25, -0.2) is 0 Å². The van der Waals surface area contributed by atoms with Gasteiger partial charge < -0.3 is 15.2 Å². The van der Waals surface area contributed by atoms with Crippen LogP contribution in [0.2, 0.25) is 0 Å². The summed E-state index contributed by atoms with van der Waals surface area (Å²) in [5.41, 5.74) is 1.43. The summed E-state index contributed by atoms with van der Waals surface area (Å²) in [6, 6.07) is 10.6. The van der Waals surface area contributed by atoms with Crippen LogP contribution in [-0.4, -0.2) is 38.0 Å². The van der Waals surface area contributed by atoms with Crippen LogP contribution in [-0.2, 0) is 11.2 Å². The maximum Gasteiger partial charge on any atom is 0.0697 e. The zero-order valence-electron chi connectivity index (χ0n) is 11.1. The monoisotopic (exact) mass is 251 g/mol. The SMILES string of the molecule is OCCOCCCNCCCCc1ccccc1. The Hall–Kier alpha value is -0.900. The number of benzene rings is 1. The van der Waals surface area contributed by atoms with Crippen molar-refractivity contribution < 1.29 is 9.84 Å². The molecule has 0 aliphatic rings. The maximum atomic E-state index is 8.52.